The van der Waals surface area contributed by atoms with Crippen molar-refractivity contribution in [3.63, 3.8) is 0 Å². The van der Waals surface area contributed by atoms with Crippen LogP contribution in [0.3, 0.4) is 0 Å². The van der Waals surface area contributed by atoms with E-state index in [1.807, 2.05) is 12.1 Å². The van der Waals surface area contributed by atoms with Crippen molar-refractivity contribution in [3.8, 4) is 0 Å². The number of nitrogens with zero attached hydrogens (tertiary/aromatic N) is 1. The third-order valence-corrected chi connectivity index (χ3v) is 6.28. The van der Waals surface area contributed by atoms with Gasteiger partial charge in [0.25, 0.3) is 0 Å². The van der Waals surface area contributed by atoms with Crippen molar-refractivity contribution in [2.75, 3.05) is 12.3 Å². The molecule has 1 saturated heterocycles. The van der Waals surface area contributed by atoms with Crippen molar-refractivity contribution >= 4 is 23.6 Å². The van der Waals surface area contributed by atoms with E-state index in [1.165, 1.54) is 32.1 Å². The summed E-state index contributed by atoms with van der Waals surface area (Å²) in [6.07, 6.45) is 7.55. The molecule has 0 spiro atoms. The molecule has 0 bridgehead atoms. The molecule has 24 heavy (non-hydrogen) atoms. The quantitative estimate of drug-likeness (QED) is 0.890. The Bertz CT molecular complexity index is 586. The Morgan fingerprint density at radius 1 is 1.08 bits per heavy atom. The summed E-state index contributed by atoms with van der Waals surface area (Å²) in [5.41, 5.74) is 6.89. The Kier molecular flexibility index (Phi) is 5.82. The highest BCUT2D eigenvalue weighted by Crippen LogP contribution is 2.35. The minimum atomic E-state index is -0.406. The Hall–Kier alpha value is -1.49. The average Bonchev–Trinajstić information content (AvgIpc) is 2.61. The molecular formula is C19H26N2O2S. The average molecular weight is 346 g/mol. The molecule has 2 atom stereocenters. The minimum Gasteiger partial charge on any atom is -0.366 e. The number of hydrogen-bond acceptors (Lipinski definition) is 3. The molecule has 2 amide bonds. The number of amides is 2. The maximum Gasteiger partial charge on any atom is 0.248 e. The molecule has 2 aliphatic rings. The Morgan fingerprint density at radius 3 is 2.54 bits per heavy atom. The molecule has 4 nitrogen and oxygen atoms in total. The molecule has 1 aromatic carbocycles. The molecule has 0 aromatic heterocycles. The normalized spacial score (nSPS) is 23.6. The van der Waals surface area contributed by atoms with Crippen LogP contribution in [0.25, 0.3) is 0 Å². The predicted molar refractivity (Wildman–Crippen MR) is 97.8 cm³/mol. The summed E-state index contributed by atoms with van der Waals surface area (Å²) in [5.74, 6) is 1.96. The Labute approximate surface area is 148 Å². The lowest BCUT2D eigenvalue weighted by Gasteiger charge is -2.44. The van der Waals surface area contributed by atoms with E-state index >= 15 is 0 Å². The van der Waals surface area contributed by atoms with E-state index < -0.39 is 5.91 Å². The fraction of sp³-hybridized carbons (Fsp3) is 0.579. The lowest BCUT2D eigenvalue weighted by Crippen LogP contribution is -2.50. The van der Waals surface area contributed by atoms with Gasteiger partial charge in [-0.25, -0.2) is 0 Å². The molecule has 2 unspecified atom stereocenters. The van der Waals surface area contributed by atoms with Gasteiger partial charge in [-0.2, -0.15) is 0 Å². The zero-order valence-electron chi connectivity index (χ0n) is 14.1. The Morgan fingerprint density at radius 2 is 1.79 bits per heavy atom. The van der Waals surface area contributed by atoms with Crippen molar-refractivity contribution in [1.82, 2.24) is 4.90 Å². The number of primary amides is 1. The van der Waals surface area contributed by atoms with Crippen LogP contribution < -0.4 is 5.73 Å². The molecule has 130 valence electrons. The summed E-state index contributed by atoms with van der Waals surface area (Å²) in [6, 6.07) is 7.82. The van der Waals surface area contributed by atoms with Crippen LogP contribution in [0, 0.1) is 5.92 Å². The molecular weight excluding hydrogens is 320 g/mol. The largest absolute Gasteiger partial charge is 0.366 e. The first-order chi connectivity index (χ1) is 11.6. The first-order valence-electron chi connectivity index (χ1n) is 8.91. The highest BCUT2D eigenvalue weighted by atomic mass is 32.2. The molecule has 1 aliphatic carbocycles. The number of thioether (sulfide) groups is 1. The fourth-order valence-electron chi connectivity index (χ4n) is 4.04. The van der Waals surface area contributed by atoms with Crippen LogP contribution >= 0.6 is 11.8 Å². The van der Waals surface area contributed by atoms with Gasteiger partial charge < -0.3 is 10.6 Å². The maximum atomic E-state index is 12.6. The summed E-state index contributed by atoms with van der Waals surface area (Å²) in [4.78, 5) is 25.9. The number of benzene rings is 1. The monoisotopic (exact) mass is 346 g/mol. The van der Waals surface area contributed by atoms with E-state index in [9.17, 15) is 9.59 Å². The topological polar surface area (TPSA) is 63.4 Å². The second kappa shape index (κ2) is 8.06. The van der Waals surface area contributed by atoms with Crippen LogP contribution in [0.5, 0.6) is 0 Å². The molecule has 1 heterocycles. The number of carbonyl (C=O) groups is 2. The van der Waals surface area contributed by atoms with Crippen LogP contribution in [0.15, 0.2) is 24.3 Å². The molecule has 0 radical (unpaired) electrons. The number of likely N-dealkylation sites (tertiary alicyclic amines) is 1. The third-order valence-electron chi connectivity index (χ3n) is 5.30. The van der Waals surface area contributed by atoms with Gasteiger partial charge in [-0.05, 0) is 49.3 Å². The molecule has 5 heteroatoms. The summed E-state index contributed by atoms with van der Waals surface area (Å²) in [7, 11) is 0. The summed E-state index contributed by atoms with van der Waals surface area (Å²) in [6.45, 7) is 0.938. The zero-order chi connectivity index (χ0) is 16.9. The first kappa shape index (κ1) is 17.3. The van der Waals surface area contributed by atoms with Gasteiger partial charge in [-0.15, -0.1) is 11.8 Å². The van der Waals surface area contributed by atoms with Gasteiger partial charge in [-0.1, -0.05) is 25.0 Å². The van der Waals surface area contributed by atoms with Crippen LogP contribution in [0.4, 0.5) is 0 Å². The summed E-state index contributed by atoms with van der Waals surface area (Å²) < 4.78 is 0. The van der Waals surface area contributed by atoms with Gasteiger partial charge in [0, 0.05) is 23.9 Å². The molecule has 1 saturated carbocycles. The number of piperidine rings is 1. The zero-order valence-corrected chi connectivity index (χ0v) is 14.9. The van der Waals surface area contributed by atoms with Gasteiger partial charge >= 0.3 is 0 Å². The van der Waals surface area contributed by atoms with Crippen LogP contribution in [-0.2, 0) is 10.5 Å². The number of fused-ring (bicyclic) bond motifs is 1. The smallest absolute Gasteiger partial charge is 0.248 e. The third kappa shape index (κ3) is 4.12. The predicted octanol–water partition coefficient (Wildman–Crippen LogP) is 3.20. The Balaban J connectivity index is 1.49. The van der Waals surface area contributed by atoms with Crippen LogP contribution in [0.1, 0.15) is 54.4 Å². The molecule has 1 aliphatic heterocycles. The lowest BCUT2D eigenvalue weighted by atomic mass is 9.78. The van der Waals surface area contributed by atoms with E-state index in [4.69, 9.17) is 5.73 Å². The van der Waals surface area contributed by atoms with Gasteiger partial charge in [0.15, 0.2) is 0 Å². The van der Waals surface area contributed by atoms with Gasteiger partial charge in [-0.3, -0.25) is 9.59 Å². The van der Waals surface area contributed by atoms with E-state index in [2.05, 4.69) is 4.90 Å². The molecule has 2 fully saturated rings. The molecule has 2 N–H and O–H groups in total. The second-order valence-corrected chi connectivity index (χ2v) is 7.88. The highest BCUT2D eigenvalue weighted by molar-refractivity contribution is 7.99. The standard InChI is InChI=1S/C19H26N2O2S/c20-19(23)16-9-7-14(8-10-16)12-24-13-18(22)21-11-3-5-15-4-1-2-6-17(15)21/h7-10,15,17H,1-6,11-13H2,(H2,20,23). The summed E-state index contributed by atoms with van der Waals surface area (Å²) in [5, 5.41) is 0. The number of hydrogen-bond donors (Lipinski definition) is 1. The van der Waals surface area contributed by atoms with E-state index in [0.717, 1.165) is 30.2 Å². The summed E-state index contributed by atoms with van der Waals surface area (Å²) >= 11 is 1.65. The SMILES string of the molecule is NC(=O)c1ccc(CSCC(=O)N2CCCC3CCCCC32)cc1. The van der Waals surface area contributed by atoms with Crippen LogP contribution in [0.2, 0.25) is 0 Å². The number of rotatable bonds is 5. The van der Waals surface area contributed by atoms with Crippen LogP contribution in [-0.4, -0.2) is 35.1 Å². The molecule has 1 aromatic rings. The minimum absolute atomic E-state index is 0.297. The van der Waals surface area contributed by atoms with Gasteiger partial charge in [0.05, 0.1) is 5.75 Å². The van der Waals surface area contributed by atoms with Crippen molar-refractivity contribution in [2.45, 2.75) is 50.3 Å². The number of carbonyl (C=O) groups excluding carboxylic acids is 2. The van der Waals surface area contributed by atoms with Crippen molar-refractivity contribution in [3.05, 3.63) is 35.4 Å². The highest BCUT2D eigenvalue weighted by Gasteiger charge is 2.35. The fourth-order valence-corrected chi connectivity index (χ4v) is 4.91. The molecule has 3 rings (SSSR count). The van der Waals surface area contributed by atoms with E-state index in [0.29, 0.717) is 23.3 Å². The van der Waals surface area contributed by atoms with Gasteiger partial charge in [0.1, 0.15) is 0 Å². The van der Waals surface area contributed by atoms with E-state index in [-0.39, 0.29) is 0 Å². The van der Waals surface area contributed by atoms with Crippen molar-refractivity contribution < 1.29 is 9.59 Å². The number of nitrogens with two attached hydrogens (primary N) is 1. The maximum absolute atomic E-state index is 12.6. The lowest BCUT2D eigenvalue weighted by molar-refractivity contribution is -0.134. The first-order valence-corrected chi connectivity index (χ1v) is 10.1. The second-order valence-electron chi connectivity index (χ2n) is 6.90. The van der Waals surface area contributed by atoms with Crippen molar-refractivity contribution in [2.24, 2.45) is 11.7 Å². The van der Waals surface area contributed by atoms with E-state index in [1.54, 1.807) is 23.9 Å². The van der Waals surface area contributed by atoms with Crippen molar-refractivity contribution in [1.29, 1.82) is 0 Å². The van der Waals surface area contributed by atoms with Gasteiger partial charge in [0.2, 0.25) is 11.8 Å².